The van der Waals surface area contributed by atoms with Gasteiger partial charge in [-0.1, -0.05) is 6.92 Å². The quantitative estimate of drug-likeness (QED) is 0.353. The maximum atomic E-state index is 12.5. The topological polar surface area (TPSA) is 74.1 Å². The third-order valence-electron chi connectivity index (χ3n) is 5.26. The molecule has 0 atom stereocenters. The molecule has 7 nitrogen and oxygen atoms in total. The third kappa shape index (κ3) is 7.51. The van der Waals surface area contributed by atoms with Gasteiger partial charge >= 0.3 is 6.36 Å². The van der Waals surface area contributed by atoms with E-state index in [1.54, 1.807) is 39.3 Å². The van der Waals surface area contributed by atoms with E-state index in [-0.39, 0.29) is 11.7 Å². The summed E-state index contributed by atoms with van der Waals surface area (Å²) in [5, 5.41) is 4.77. The Hall–Kier alpha value is -3.47. The van der Waals surface area contributed by atoms with Crippen molar-refractivity contribution in [3.63, 3.8) is 0 Å². The predicted molar refractivity (Wildman–Crippen MR) is 131 cm³/mol. The average Bonchev–Trinajstić information content (AvgIpc) is 3.27. The lowest BCUT2D eigenvalue weighted by molar-refractivity contribution is -0.274. The summed E-state index contributed by atoms with van der Waals surface area (Å²) in [6.07, 6.45) is -3.68. The number of rotatable bonds is 11. The number of aromatic nitrogens is 1. The van der Waals surface area contributed by atoms with Gasteiger partial charge in [0.15, 0.2) is 4.80 Å². The fraction of sp³-hybridized carbons (Fsp3) is 0.360. The molecule has 194 valence electrons. The number of alkyl halides is 3. The van der Waals surface area contributed by atoms with Crippen molar-refractivity contribution in [2.45, 2.75) is 39.2 Å². The number of nitrogens with zero attached hydrogens (tertiary/aromatic N) is 2. The van der Waals surface area contributed by atoms with E-state index >= 15 is 0 Å². The van der Waals surface area contributed by atoms with Crippen LogP contribution in [0, 0.1) is 0 Å². The highest BCUT2D eigenvalue weighted by atomic mass is 32.1. The molecule has 0 unspecified atom stereocenters. The lowest BCUT2D eigenvalue weighted by Gasteiger charge is -2.12. The lowest BCUT2D eigenvalue weighted by atomic mass is 10.1. The SMILES string of the molecule is CCC(=O)NCCCn1c(-c2ccc(OC(F)(F)F)cc2)csc1=NCc1ccc(OC)cc1OC. The Kier molecular flexibility index (Phi) is 9.40. The molecule has 0 saturated heterocycles. The molecule has 0 spiro atoms. The standard InChI is InChI=1S/C25H28F3N3O4S/c1-4-23(32)29-12-5-13-31-21(17-6-9-19(10-7-17)35-25(26,27)28)16-36-24(31)30-15-18-8-11-20(33-2)14-22(18)34-3/h6-11,14,16H,4-5,12-13,15H2,1-3H3,(H,29,32). The number of carbonyl (C=O) groups is 1. The van der Waals surface area contributed by atoms with E-state index in [0.717, 1.165) is 21.6 Å². The maximum Gasteiger partial charge on any atom is 0.573 e. The molecule has 0 aliphatic heterocycles. The first-order chi connectivity index (χ1) is 17.2. The van der Waals surface area contributed by atoms with Gasteiger partial charge in [0.1, 0.15) is 17.2 Å². The highest BCUT2D eigenvalue weighted by molar-refractivity contribution is 7.07. The normalized spacial score (nSPS) is 11.9. The molecule has 0 bridgehead atoms. The summed E-state index contributed by atoms with van der Waals surface area (Å²) < 4.78 is 54.3. The van der Waals surface area contributed by atoms with Crippen molar-refractivity contribution in [3.8, 4) is 28.5 Å². The van der Waals surface area contributed by atoms with Crippen molar-refractivity contribution < 1.29 is 32.2 Å². The van der Waals surface area contributed by atoms with Crippen molar-refractivity contribution in [2.24, 2.45) is 4.99 Å². The fourth-order valence-corrected chi connectivity index (χ4v) is 4.39. The summed E-state index contributed by atoms with van der Waals surface area (Å²) in [4.78, 5) is 17.1. The molecule has 3 rings (SSSR count). The van der Waals surface area contributed by atoms with Crippen molar-refractivity contribution in [2.75, 3.05) is 20.8 Å². The van der Waals surface area contributed by atoms with Gasteiger partial charge in [-0.3, -0.25) is 9.79 Å². The third-order valence-corrected chi connectivity index (χ3v) is 6.16. The lowest BCUT2D eigenvalue weighted by Crippen LogP contribution is -2.25. The summed E-state index contributed by atoms with van der Waals surface area (Å²) in [7, 11) is 3.16. The Balaban J connectivity index is 1.89. The van der Waals surface area contributed by atoms with Gasteiger partial charge in [0.05, 0.1) is 26.5 Å². The Morgan fingerprint density at radius 1 is 1.08 bits per heavy atom. The van der Waals surface area contributed by atoms with Gasteiger partial charge in [-0.2, -0.15) is 0 Å². The second-order valence-electron chi connectivity index (χ2n) is 7.68. The van der Waals surface area contributed by atoms with Crippen LogP contribution in [0.1, 0.15) is 25.3 Å². The molecule has 0 fully saturated rings. The number of halogens is 3. The van der Waals surface area contributed by atoms with Gasteiger partial charge in [-0.05, 0) is 48.4 Å². The molecule has 0 aliphatic carbocycles. The van der Waals surface area contributed by atoms with E-state index in [1.165, 1.54) is 23.5 Å². The van der Waals surface area contributed by atoms with Crippen LogP contribution in [0.2, 0.25) is 0 Å². The van der Waals surface area contributed by atoms with E-state index in [9.17, 15) is 18.0 Å². The number of nitrogens with one attached hydrogen (secondary N) is 1. The van der Waals surface area contributed by atoms with Crippen LogP contribution in [0.25, 0.3) is 11.3 Å². The van der Waals surface area contributed by atoms with Crippen LogP contribution < -0.4 is 24.3 Å². The van der Waals surface area contributed by atoms with Crippen LogP contribution in [0.4, 0.5) is 13.2 Å². The molecular formula is C25H28F3N3O4S. The van der Waals surface area contributed by atoms with Crippen LogP contribution in [0.3, 0.4) is 0 Å². The number of amides is 1. The Bertz CT molecular complexity index is 1220. The average molecular weight is 524 g/mol. The highest BCUT2D eigenvalue weighted by Crippen LogP contribution is 2.28. The summed E-state index contributed by atoms with van der Waals surface area (Å²) in [6.45, 7) is 3.21. The Morgan fingerprint density at radius 2 is 1.81 bits per heavy atom. The van der Waals surface area contributed by atoms with Crippen LogP contribution in [0.15, 0.2) is 52.8 Å². The van der Waals surface area contributed by atoms with E-state index in [2.05, 4.69) is 10.1 Å². The zero-order chi connectivity index (χ0) is 26.1. The molecular weight excluding hydrogens is 495 g/mol. The Morgan fingerprint density at radius 3 is 2.44 bits per heavy atom. The number of methoxy groups -OCH3 is 2. The summed E-state index contributed by atoms with van der Waals surface area (Å²) in [6, 6.07) is 11.2. The van der Waals surface area contributed by atoms with Gasteiger partial charge in [0.25, 0.3) is 0 Å². The molecule has 36 heavy (non-hydrogen) atoms. The molecule has 2 aromatic carbocycles. The Labute approximate surface area is 211 Å². The molecule has 0 radical (unpaired) electrons. The first-order valence-electron chi connectivity index (χ1n) is 11.3. The highest BCUT2D eigenvalue weighted by Gasteiger charge is 2.31. The number of hydrogen-bond donors (Lipinski definition) is 1. The summed E-state index contributed by atoms with van der Waals surface area (Å²) in [5.41, 5.74) is 2.41. The second-order valence-corrected chi connectivity index (χ2v) is 8.51. The van der Waals surface area contributed by atoms with Crippen molar-refractivity contribution in [3.05, 3.63) is 58.2 Å². The maximum absolute atomic E-state index is 12.5. The monoisotopic (exact) mass is 523 g/mol. The van der Waals surface area contributed by atoms with E-state index in [1.807, 2.05) is 22.1 Å². The molecule has 0 aliphatic rings. The fourth-order valence-electron chi connectivity index (χ4n) is 3.45. The first kappa shape index (κ1) is 27.1. The van der Waals surface area contributed by atoms with Crippen molar-refractivity contribution in [1.82, 2.24) is 9.88 Å². The minimum absolute atomic E-state index is 0.0256. The van der Waals surface area contributed by atoms with Gasteiger partial charge in [0.2, 0.25) is 5.91 Å². The van der Waals surface area contributed by atoms with E-state index in [0.29, 0.717) is 44.0 Å². The summed E-state index contributed by atoms with van der Waals surface area (Å²) in [5.74, 6) is 1.02. The van der Waals surface area contributed by atoms with E-state index < -0.39 is 6.36 Å². The van der Waals surface area contributed by atoms with Crippen LogP contribution in [-0.2, 0) is 17.9 Å². The molecule has 0 saturated carbocycles. The first-order valence-corrected chi connectivity index (χ1v) is 12.1. The van der Waals surface area contributed by atoms with Gasteiger partial charge < -0.3 is 24.1 Å². The number of ether oxygens (including phenoxy) is 3. The summed E-state index contributed by atoms with van der Waals surface area (Å²) >= 11 is 1.43. The molecule has 1 N–H and O–H groups in total. The molecule has 1 aromatic heterocycles. The smallest absolute Gasteiger partial charge is 0.497 e. The molecule has 1 heterocycles. The minimum Gasteiger partial charge on any atom is -0.497 e. The molecule has 3 aromatic rings. The van der Waals surface area contributed by atoms with E-state index in [4.69, 9.17) is 14.5 Å². The zero-order valence-electron chi connectivity index (χ0n) is 20.2. The van der Waals surface area contributed by atoms with Crippen LogP contribution in [0.5, 0.6) is 17.2 Å². The van der Waals surface area contributed by atoms with Gasteiger partial charge in [-0.15, -0.1) is 24.5 Å². The minimum atomic E-state index is -4.75. The van der Waals surface area contributed by atoms with Crippen molar-refractivity contribution >= 4 is 17.2 Å². The zero-order valence-corrected chi connectivity index (χ0v) is 21.0. The number of hydrogen-bond acceptors (Lipinski definition) is 6. The van der Waals surface area contributed by atoms with Crippen LogP contribution in [-0.4, -0.2) is 37.6 Å². The predicted octanol–water partition coefficient (Wildman–Crippen LogP) is 5.15. The molecule has 11 heteroatoms. The van der Waals surface area contributed by atoms with Crippen molar-refractivity contribution in [1.29, 1.82) is 0 Å². The van der Waals surface area contributed by atoms with Gasteiger partial charge in [0, 0.05) is 36.5 Å². The molecule has 1 amide bonds. The largest absolute Gasteiger partial charge is 0.573 e. The van der Waals surface area contributed by atoms with Crippen LogP contribution >= 0.6 is 11.3 Å². The number of benzene rings is 2. The number of carbonyl (C=O) groups excluding carboxylic acids is 1. The van der Waals surface area contributed by atoms with Gasteiger partial charge in [-0.25, -0.2) is 0 Å². The second kappa shape index (κ2) is 12.5. The number of thiazole rings is 1.